The first kappa shape index (κ1) is 12.9. The Morgan fingerprint density at radius 3 is 2.88 bits per heavy atom. The van der Waals surface area contributed by atoms with Crippen LogP contribution in [0.2, 0.25) is 0 Å². The zero-order valence-corrected chi connectivity index (χ0v) is 9.77. The number of carbonyl (C=O) groups excluding carboxylic acids is 2. The van der Waals surface area contributed by atoms with Crippen molar-refractivity contribution in [3.05, 3.63) is 0 Å². The molecule has 0 bridgehead atoms. The number of carbonyl (C=O) groups is 2. The second-order valence-corrected chi connectivity index (χ2v) is 4.15. The Morgan fingerprint density at radius 1 is 1.69 bits per heavy atom. The van der Waals surface area contributed by atoms with Crippen LogP contribution in [0, 0.1) is 0 Å². The largest absolute Gasteiger partial charge is 0.393 e. The average molecular weight is 229 g/mol. The summed E-state index contributed by atoms with van der Waals surface area (Å²) in [4.78, 5) is 25.9. The second kappa shape index (κ2) is 5.81. The summed E-state index contributed by atoms with van der Waals surface area (Å²) in [6.45, 7) is 3.53. The third-order valence-corrected chi connectivity index (χ3v) is 2.49. The van der Waals surface area contributed by atoms with Gasteiger partial charge in [0.15, 0.2) is 0 Å². The summed E-state index contributed by atoms with van der Waals surface area (Å²) in [5.41, 5.74) is 0. The van der Waals surface area contributed by atoms with E-state index < -0.39 is 0 Å². The number of rotatable bonds is 5. The molecule has 1 heterocycles. The summed E-state index contributed by atoms with van der Waals surface area (Å²) in [5.74, 6) is -0.192. The Morgan fingerprint density at radius 2 is 2.38 bits per heavy atom. The summed E-state index contributed by atoms with van der Waals surface area (Å²) in [6, 6.07) is -0.311. The number of likely N-dealkylation sites (N-methyl/N-ethyl adjacent to an activating group) is 1. The van der Waals surface area contributed by atoms with Gasteiger partial charge in [-0.1, -0.05) is 0 Å². The molecular weight excluding hydrogens is 210 g/mol. The van der Waals surface area contributed by atoms with Crippen LogP contribution in [0.5, 0.6) is 0 Å². The molecule has 0 spiro atoms. The molecule has 6 nitrogen and oxygen atoms in total. The fraction of sp³-hybridized carbons (Fsp3) is 0.800. The smallest absolute Gasteiger partial charge is 0.324 e. The molecule has 1 aliphatic heterocycles. The van der Waals surface area contributed by atoms with Crippen LogP contribution in [0.25, 0.3) is 0 Å². The van der Waals surface area contributed by atoms with Crippen molar-refractivity contribution in [2.24, 2.45) is 0 Å². The highest BCUT2D eigenvalue weighted by Gasteiger charge is 2.26. The lowest BCUT2D eigenvalue weighted by Gasteiger charge is -2.19. The number of hydrogen-bond acceptors (Lipinski definition) is 4. The Hall–Kier alpha value is -1.14. The first-order chi connectivity index (χ1) is 7.50. The fourth-order valence-corrected chi connectivity index (χ4v) is 1.51. The molecule has 1 aliphatic rings. The lowest BCUT2D eigenvalue weighted by atomic mass is 10.3. The topological polar surface area (TPSA) is 72.9 Å². The van der Waals surface area contributed by atoms with Crippen molar-refractivity contribution in [1.29, 1.82) is 0 Å². The van der Waals surface area contributed by atoms with Crippen LogP contribution in [-0.2, 0) is 4.79 Å². The average Bonchev–Trinajstić information content (AvgIpc) is 2.61. The van der Waals surface area contributed by atoms with Crippen molar-refractivity contribution in [1.82, 2.24) is 15.1 Å². The van der Waals surface area contributed by atoms with Crippen LogP contribution in [0.3, 0.4) is 0 Å². The fourth-order valence-electron chi connectivity index (χ4n) is 1.51. The Balaban J connectivity index is 2.30. The van der Waals surface area contributed by atoms with Crippen molar-refractivity contribution in [2.75, 3.05) is 33.2 Å². The number of amides is 3. The van der Waals surface area contributed by atoms with E-state index in [1.165, 1.54) is 4.90 Å². The molecule has 6 heteroatoms. The molecule has 0 saturated carbocycles. The molecule has 16 heavy (non-hydrogen) atoms. The standard InChI is InChI=1S/C10H19N3O3/c1-8(14)3-5-12(2)7-9(15)13-6-4-11-10(13)16/h8,14H,3-7H2,1-2H3,(H,11,16). The highest BCUT2D eigenvalue weighted by atomic mass is 16.3. The highest BCUT2D eigenvalue weighted by molar-refractivity contribution is 5.96. The number of imide groups is 1. The lowest BCUT2D eigenvalue weighted by Crippen LogP contribution is -2.41. The van der Waals surface area contributed by atoms with Crippen LogP contribution in [0.15, 0.2) is 0 Å². The molecule has 1 unspecified atom stereocenters. The van der Waals surface area contributed by atoms with Crippen molar-refractivity contribution >= 4 is 11.9 Å². The third-order valence-electron chi connectivity index (χ3n) is 2.49. The maximum Gasteiger partial charge on any atom is 0.324 e. The number of hydrogen-bond donors (Lipinski definition) is 2. The van der Waals surface area contributed by atoms with E-state index in [2.05, 4.69) is 5.32 Å². The Labute approximate surface area is 95.2 Å². The number of nitrogens with zero attached hydrogens (tertiary/aromatic N) is 2. The van der Waals surface area contributed by atoms with Gasteiger partial charge >= 0.3 is 6.03 Å². The van der Waals surface area contributed by atoms with Crippen molar-refractivity contribution < 1.29 is 14.7 Å². The maximum atomic E-state index is 11.7. The Kier molecular flexibility index (Phi) is 4.70. The quantitative estimate of drug-likeness (QED) is 0.650. The zero-order valence-electron chi connectivity index (χ0n) is 9.77. The van der Waals surface area contributed by atoms with Gasteiger partial charge in [0.1, 0.15) is 0 Å². The van der Waals surface area contributed by atoms with Gasteiger partial charge in [-0.15, -0.1) is 0 Å². The zero-order chi connectivity index (χ0) is 12.1. The van der Waals surface area contributed by atoms with Gasteiger partial charge in [-0.05, 0) is 20.4 Å². The van der Waals surface area contributed by atoms with Gasteiger partial charge < -0.3 is 10.4 Å². The van der Waals surface area contributed by atoms with Gasteiger partial charge in [0.05, 0.1) is 12.6 Å². The molecule has 0 aromatic heterocycles. The number of aliphatic hydroxyl groups excluding tert-OH is 1. The van der Waals surface area contributed by atoms with Gasteiger partial charge in [0.25, 0.3) is 0 Å². The van der Waals surface area contributed by atoms with E-state index in [4.69, 9.17) is 5.11 Å². The van der Waals surface area contributed by atoms with Crippen LogP contribution in [-0.4, -0.2) is 66.2 Å². The lowest BCUT2D eigenvalue weighted by molar-refractivity contribution is -0.128. The van der Waals surface area contributed by atoms with E-state index in [9.17, 15) is 9.59 Å². The van der Waals surface area contributed by atoms with Crippen LogP contribution in [0.1, 0.15) is 13.3 Å². The molecule has 3 amide bonds. The minimum absolute atomic E-state index is 0.192. The normalized spacial score (nSPS) is 17.8. The van der Waals surface area contributed by atoms with Crippen LogP contribution in [0.4, 0.5) is 4.79 Å². The molecular formula is C10H19N3O3. The summed E-state index contributed by atoms with van der Waals surface area (Å²) < 4.78 is 0. The van der Waals surface area contributed by atoms with E-state index in [-0.39, 0.29) is 24.6 Å². The second-order valence-electron chi connectivity index (χ2n) is 4.15. The van der Waals surface area contributed by atoms with Gasteiger partial charge in [-0.3, -0.25) is 14.6 Å². The third kappa shape index (κ3) is 3.79. The molecule has 0 aromatic rings. The van der Waals surface area contributed by atoms with Gasteiger partial charge in [-0.2, -0.15) is 0 Å². The van der Waals surface area contributed by atoms with Crippen LogP contribution < -0.4 is 5.32 Å². The van der Waals surface area contributed by atoms with E-state index in [1.807, 2.05) is 0 Å². The van der Waals surface area contributed by atoms with E-state index >= 15 is 0 Å². The first-order valence-electron chi connectivity index (χ1n) is 5.45. The van der Waals surface area contributed by atoms with E-state index in [0.717, 1.165) is 0 Å². The highest BCUT2D eigenvalue weighted by Crippen LogP contribution is 2.00. The predicted octanol–water partition coefficient (Wildman–Crippen LogP) is -0.759. The predicted molar refractivity (Wildman–Crippen MR) is 58.9 cm³/mol. The summed E-state index contributed by atoms with van der Waals surface area (Å²) in [5, 5.41) is 11.7. The molecule has 92 valence electrons. The molecule has 1 atom stereocenters. The SMILES string of the molecule is CC(O)CCN(C)CC(=O)N1CCNC1=O. The number of aliphatic hydroxyl groups is 1. The van der Waals surface area contributed by atoms with Gasteiger partial charge in [0, 0.05) is 19.6 Å². The summed E-state index contributed by atoms with van der Waals surface area (Å²) in [6.07, 6.45) is 0.253. The van der Waals surface area contributed by atoms with Gasteiger partial charge in [0.2, 0.25) is 5.91 Å². The van der Waals surface area contributed by atoms with Crippen molar-refractivity contribution in [3.8, 4) is 0 Å². The first-order valence-corrected chi connectivity index (χ1v) is 5.45. The molecule has 1 fully saturated rings. The van der Waals surface area contributed by atoms with Crippen molar-refractivity contribution in [3.63, 3.8) is 0 Å². The molecule has 1 rings (SSSR count). The minimum Gasteiger partial charge on any atom is -0.393 e. The van der Waals surface area contributed by atoms with Crippen LogP contribution >= 0.6 is 0 Å². The molecule has 2 N–H and O–H groups in total. The molecule has 0 aromatic carbocycles. The van der Waals surface area contributed by atoms with Crippen molar-refractivity contribution in [2.45, 2.75) is 19.4 Å². The number of urea groups is 1. The maximum absolute atomic E-state index is 11.7. The monoisotopic (exact) mass is 229 g/mol. The van der Waals surface area contributed by atoms with E-state index in [0.29, 0.717) is 26.1 Å². The van der Waals surface area contributed by atoms with E-state index in [1.54, 1.807) is 18.9 Å². The number of nitrogens with one attached hydrogen (secondary N) is 1. The minimum atomic E-state index is -0.368. The van der Waals surface area contributed by atoms with Gasteiger partial charge in [-0.25, -0.2) is 4.79 Å². The molecule has 0 radical (unpaired) electrons. The summed E-state index contributed by atoms with van der Waals surface area (Å²) >= 11 is 0. The molecule has 1 saturated heterocycles. The summed E-state index contributed by atoms with van der Waals surface area (Å²) in [7, 11) is 1.80. The Bertz CT molecular complexity index is 268. The molecule has 0 aliphatic carbocycles.